The van der Waals surface area contributed by atoms with Crippen molar-refractivity contribution in [3.8, 4) is 33.6 Å². The van der Waals surface area contributed by atoms with E-state index in [4.69, 9.17) is 33.2 Å². The predicted molar refractivity (Wildman–Crippen MR) is 203 cm³/mol. The van der Waals surface area contributed by atoms with Crippen LogP contribution in [0.4, 0.5) is 9.59 Å². The van der Waals surface area contributed by atoms with Crippen LogP contribution in [0.1, 0.15) is 69.7 Å². The Kier molecular flexibility index (Phi) is 10.8. The van der Waals surface area contributed by atoms with Gasteiger partial charge in [0.1, 0.15) is 39.4 Å². The molecule has 2 aromatic heterocycles. The number of imidazole rings is 2. The minimum atomic E-state index is -1.74. The first-order valence-corrected chi connectivity index (χ1v) is 18.9. The number of fused-ring (bicyclic) bond motifs is 1. The lowest BCUT2D eigenvalue weighted by Crippen LogP contribution is -2.52. The van der Waals surface area contributed by atoms with Gasteiger partial charge in [-0.15, -0.1) is 0 Å². The maximum Gasteiger partial charge on any atom is 0.409 e. The van der Waals surface area contributed by atoms with Crippen molar-refractivity contribution in [2.24, 2.45) is 5.92 Å². The molecule has 0 unspecified atom stereocenters. The molecule has 17 heteroatoms. The zero-order chi connectivity index (χ0) is 39.1. The Hall–Kier alpha value is -5.12. The molecule has 290 valence electrons. The maximum atomic E-state index is 13.5. The topological polar surface area (TPSA) is 195 Å². The summed E-state index contributed by atoms with van der Waals surface area (Å²) in [6.07, 6.45) is 0.616. The van der Waals surface area contributed by atoms with E-state index >= 15 is 0 Å². The molecule has 2 aromatic carbocycles. The molecule has 2 saturated heterocycles. The molecule has 4 heterocycles. The molecule has 15 nitrogen and oxygen atoms in total. The number of carbonyl (C=O) groups excluding carboxylic acids is 4. The van der Waals surface area contributed by atoms with Crippen molar-refractivity contribution in [2.75, 3.05) is 14.2 Å². The van der Waals surface area contributed by atoms with E-state index in [-0.39, 0.29) is 30.0 Å². The highest BCUT2D eigenvalue weighted by atomic mass is 35.5. The summed E-state index contributed by atoms with van der Waals surface area (Å²) < 4.78 is 9.20. The molecular formula is C38H42Cl2N8O7. The minimum Gasteiger partial charge on any atom is -0.453 e. The van der Waals surface area contributed by atoms with Gasteiger partial charge in [-0.2, -0.15) is 0 Å². The second kappa shape index (κ2) is 15.6. The third kappa shape index (κ3) is 7.60. The summed E-state index contributed by atoms with van der Waals surface area (Å²) in [5, 5.41) is 15.7. The Morgan fingerprint density at radius 2 is 1.27 bits per heavy atom. The molecule has 7 rings (SSSR count). The second-order valence-corrected chi connectivity index (χ2v) is 15.0. The van der Waals surface area contributed by atoms with Gasteiger partial charge >= 0.3 is 12.2 Å². The van der Waals surface area contributed by atoms with Gasteiger partial charge in [-0.25, -0.2) is 19.6 Å². The van der Waals surface area contributed by atoms with Crippen LogP contribution in [-0.2, 0) is 19.1 Å². The third-order valence-electron chi connectivity index (χ3n) is 10.7. The number of aromatic nitrogens is 4. The lowest BCUT2D eigenvalue weighted by molar-refractivity contribution is -0.144. The number of methoxy groups -OCH3 is 2. The van der Waals surface area contributed by atoms with Gasteiger partial charge in [0.25, 0.3) is 5.91 Å². The number of carbonyl (C=O) groups is 4. The monoisotopic (exact) mass is 792 g/mol. The number of nitrogens with one attached hydrogen (secondary N) is 4. The van der Waals surface area contributed by atoms with Crippen LogP contribution >= 0.6 is 23.2 Å². The number of nitrogens with zero attached hydrogens (tertiary/aromatic N) is 4. The van der Waals surface area contributed by atoms with E-state index < -0.39 is 36.4 Å². The Balaban J connectivity index is 1.05. The predicted octanol–water partition coefficient (Wildman–Crippen LogP) is 5.96. The van der Waals surface area contributed by atoms with Gasteiger partial charge < -0.3 is 39.7 Å². The Morgan fingerprint density at radius 1 is 0.764 bits per heavy atom. The number of aliphatic hydroxyl groups excluding tert-OH is 1. The van der Waals surface area contributed by atoms with E-state index in [0.717, 1.165) is 48.6 Å². The highest BCUT2D eigenvalue weighted by Crippen LogP contribution is 2.53. The van der Waals surface area contributed by atoms with E-state index in [1.54, 1.807) is 16.7 Å². The first-order valence-electron chi connectivity index (χ1n) is 18.1. The third-order valence-corrected chi connectivity index (χ3v) is 11.3. The van der Waals surface area contributed by atoms with Crippen LogP contribution in [0, 0.1) is 5.92 Å². The molecule has 7 atom stereocenters. The highest BCUT2D eigenvalue weighted by molar-refractivity contribution is 6.32. The first-order chi connectivity index (χ1) is 26.4. The zero-order valence-electron chi connectivity index (χ0n) is 30.6. The van der Waals surface area contributed by atoms with E-state index in [0.29, 0.717) is 46.2 Å². The number of aromatic amines is 2. The minimum absolute atomic E-state index is 0.0375. The number of H-pyrrole nitrogens is 2. The van der Waals surface area contributed by atoms with Gasteiger partial charge in [0.2, 0.25) is 12.1 Å². The van der Waals surface area contributed by atoms with Crippen molar-refractivity contribution >= 4 is 47.2 Å². The average Bonchev–Trinajstić information content (AvgIpc) is 3.46. The van der Waals surface area contributed by atoms with Crippen LogP contribution < -0.4 is 10.6 Å². The fourth-order valence-electron chi connectivity index (χ4n) is 7.82. The molecule has 3 aliphatic rings. The normalized spacial score (nSPS) is 22.7. The Morgan fingerprint density at radius 3 is 1.82 bits per heavy atom. The lowest BCUT2D eigenvalue weighted by Gasteiger charge is -2.41. The number of rotatable bonds is 9. The Labute approximate surface area is 327 Å². The van der Waals surface area contributed by atoms with Crippen molar-refractivity contribution in [1.29, 1.82) is 0 Å². The van der Waals surface area contributed by atoms with Crippen molar-refractivity contribution < 1.29 is 33.8 Å². The molecule has 0 bridgehead atoms. The van der Waals surface area contributed by atoms with Gasteiger partial charge in [0.15, 0.2) is 0 Å². The number of ether oxygens (including phenoxy) is 2. The summed E-state index contributed by atoms with van der Waals surface area (Å²) >= 11 is 13.4. The van der Waals surface area contributed by atoms with Gasteiger partial charge in [-0.1, -0.05) is 71.7 Å². The number of benzene rings is 2. The van der Waals surface area contributed by atoms with Gasteiger partial charge in [-0.05, 0) is 63.0 Å². The summed E-state index contributed by atoms with van der Waals surface area (Å²) in [5.41, 5.74) is 4.60. The van der Waals surface area contributed by atoms with E-state index in [9.17, 15) is 24.3 Å². The van der Waals surface area contributed by atoms with Crippen LogP contribution in [0.3, 0.4) is 0 Å². The lowest BCUT2D eigenvalue weighted by atomic mass is 9.95. The van der Waals surface area contributed by atoms with Crippen LogP contribution in [-0.4, -0.2) is 97.4 Å². The number of halogens is 2. The van der Waals surface area contributed by atoms with Crippen LogP contribution in [0.15, 0.2) is 48.5 Å². The van der Waals surface area contributed by atoms with Crippen molar-refractivity contribution in [2.45, 2.75) is 82.4 Å². The molecule has 1 aliphatic carbocycles. The van der Waals surface area contributed by atoms with Crippen molar-refractivity contribution in [3.05, 3.63) is 70.5 Å². The Bertz CT molecular complexity index is 2090. The second-order valence-electron chi connectivity index (χ2n) is 14.2. The van der Waals surface area contributed by atoms with Crippen molar-refractivity contribution in [1.82, 2.24) is 40.4 Å². The number of piperidine rings is 2. The molecule has 0 radical (unpaired) electrons. The average molecular weight is 794 g/mol. The van der Waals surface area contributed by atoms with Crippen LogP contribution in [0.5, 0.6) is 0 Å². The van der Waals surface area contributed by atoms with Gasteiger partial charge in [-0.3, -0.25) is 14.9 Å². The molecule has 2 aliphatic heterocycles. The molecule has 4 amide bonds. The standard InChI is InChI=1S/C38H42Cl2N8O7/c1-18-6-5-7-25(47(18)35(50)19(2)41-37(52)54-3)32-42-28(30(39)44-32)22-12-8-20(9-13-22)21-10-14-23(15-11-21)29-31(40)45-33(43-29)27-17-24-16-26(24)48(27)36(51)34(49)46-38(53)55-4/h8-15,18-19,24-27,34,49H,5-7,16-17H2,1-4H3,(H,41,52)(H,42,44)(H,43,45)(H,46,53)/t18-,19-,24+,25-,26+,27-,34-/m0/s1. The van der Waals surface area contributed by atoms with Crippen molar-refractivity contribution in [3.63, 3.8) is 0 Å². The fourth-order valence-corrected chi connectivity index (χ4v) is 8.32. The summed E-state index contributed by atoms with van der Waals surface area (Å²) in [6, 6.07) is 14.0. The van der Waals surface area contributed by atoms with Gasteiger partial charge in [0, 0.05) is 23.2 Å². The summed E-state index contributed by atoms with van der Waals surface area (Å²) in [6.45, 7) is 3.63. The van der Waals surface area contributed by atoms with Crippen LogP contribution in [0.2, 0.25) is 10.3 Å². The summed E-state index contributed by atoms with van der Waals surface area (Å²) in [4.78, 5) is 69.3. The van der Waals surface area contributed by atoms with Crippen LogP contribution in [0.25, 0.3) is 33.6 Å². The first kappa shape index (κ1) is 38.2. The molecule has 5 N–H and O–H groups in total. The zero-order valence-corrected chi connectivity index (χ0v) is 32.1. The summed E-state index contributed by atoms with van der Waals surface area (Å²) in [7, 11) is 2.41. The number of aliphatic hydroxyl groups is 1. The molecule has 3 fully saturated rings. The van der Waals surface area contributed by atoms with Gasteiger partial charge in [0.05, 0.1) is 26.3 Å². The molecule has 0 spiro atoms. The maximum absolute atomic E-state index is 13.5. The van der Waals surface area contributed by atoms with E-state index in [2.05, 4.69) is 30.1 Å². The smallest absolute Gasteiger partial charge is 0.409 e. The summed E-state index contributed by atoms with van der Waals surface area (Å²) in [5.74, 6) is 0.531. The number of hydrogen-bond acceptors (Lipinski definition) is 9. The largest absolute Gasteiger partial charge is 0.453 e. The quantitative estimate of drug-likeness (QED) is 0.127. The van der Waals surface area contributed by atoms with E-state index in [1.807, 2.05) is 55.5 Å². The number of likely N-dealkylation sites (tertiary alicyclic amines) is 2. The SMILES string of the molecule is COC(=O)N[C@@H](C)C(=O)N1[C@@H](C)CCC[C@H]1c1nc(-c2ccc(-c3ccc(-c4nc([C@@H]5C[C@H]6C[C@H]6N5C(=O)[C@H](O)NC(=O)OC)[nH]c4Cl)cc3)cc2)c(Cl)[nH]1. The van der Waals surface area contributed by atoms with E-state index in [1.165, 1.54) is 7.11 Å². The fraction of sp³-hybridized carbons (Fsp3) is 0.421. The number of amides is 4. The molecular weight excluding hydrogens is 751 g/mol. The number of alkyl carbamates (subject to hydrolysis) is 2. The molecule has 4 aromatic rings. The molecule has 55 heavy (non-hydrogen) atoms. The number of hydrogen-bond donors (Lipinski definition) is 5. The highest BCUT2D eigenvalue weighted by Gasteiger charge is 2.56. The molecule has 1 saturated carbocycles.